The molecule has 0 radical (unpaired) electrons. The van der Waals surface area contributed by atoms with Gasteiger partial charge in [-0.1, -0.05) is 13.0 Å². The number of hydrogen-bond acceptors (Lipinski definition) is 5. The smallest absolute Gasteiger partial charge is 0.191 e. The quantitative estimate of drug-likeness (QED) is 0.295. The second-order valence-corrected chi connectivity index (χ2v) is 5.83. The van der Waals surface area contributed by atoms with Crippen molar-refractivity contribution in [3.05, 3.63) is 35.9 Å². The van der Waals surface area contributed by atoms with Gasteiger partial charge in [-0.15, -0.1) is 34.2 Å². The lowest BCUT2D eigenvalue weighted by Crippen LogP contribution is -2.38. The lowest BCUT2D eigenvalue weighted by atomic mass is 10.2. The van der Waals surface area contributed by atoms with Gasteiger partial charge in [0.1, 0.15) is 12.2 Å². The summed E-state index contributed by atoms with van der Waals surface area (Å²) in [4.78, 5) is 4.65. The molecule has 0 atom stereocenters. The number of benzene rings is 1. The van der Waals surface area contributed by atoms with E-state index in [2.05, 4.69) is 32.7 Å². The van der Waals surface area contributed by atoms with Crippen molar-refractivity contribution in [3.8, 4) is 11.5 Å². The highest BCUT2D eigenvalue weighted by Gasteiger charge is 2.06. The minimum atomic E-state index is 0. The Morgan fingerprint density at radius 2 is 2.00 bits per heavy atom. The van der Waals surface area contributed by atoms with Crippen LogP contribution in [0.5, 0.6) is 11.5 Å². The number of halogens is 1. The Morgan fingerprint density at radius 3 is 2.68 bits per heavy atom. The highest BCUT2D eigenvalue weighted by atomic mass is 127. The first kappa shape index (κ1) is 24.0. The highest BCUT2D eigenvalue weighted by Crippen LogP contribution is 2.28. The average Bonchev–Trinajstić information content (AvgIpc) is 3.14. The summed E-state index contributed by atoms with van der Waals surface area (Å²) in [7, 11) is 1.64. The largest absolute Gasteiger partial charge is 0.493 e. The molecule has 0 amide bonds. The lowest BCUT2D eigenvalue weighted by Gasteiger charge is -2.13. The standard InChI is InChI=1S/C19H30N6O2.HI/c1-5-18-24-23-14-25(18)11-10-21-19(20-6-2)22-13-15-8-9-16(27-7-3)17(12-15)26-4;/h8-9,12,14H,5-7,10-11,13H2,1-4H3,(H2,20,21,22);1H. The minimum Gasteiger partial charge on any atom is -0.493 e. The fourth-order valence-electron chi connectivity index (χ4n) is 2.63. The molecule has 0 spiro atoms. The average molecular weight is 502 g/mol. The number of ether oxygens (including phenoxy) is 2. The third-order valence-corrected chi connectivity index (χ3v) is 3.95. The summed E-state index contributed by atoms with van der Waals surface area (Å²) in [6, 6.07) is 5.89. The van der Waals surface area contributed by atoms with Crippen LogP contribution in [0.25, 0.3) is 0 Å². The molecule has 0 saturated heterocycles. The van der Waals surface area contributed by atoms with Crippen molar-refractivity contribution in [2.45, 2.75) is 40.3 Å². The Balaban J connectivity index is 0.00000392. The Bertz CT molecular complexity index is 735. The zero-order valence-electron chi connectivity index (χ0n) is 17.1. The molecule has 28 heavy (non-hydrogen) atoms. The maximum atomic E-state index is 5.56. The fraction of sp³-hybridized carbons (Fsp3) is 0.526. The van der Waals surface area contributed by atoms with Crippen molar-refractivity contribution in [3.63, 3.8) is 0 Å². The molecule has 156 valence electrons. The molecular formula is C19H31IN6O2. The molecular weight excluding hydrogens is 471 g/mol. The van der Waals surface area contributed by atoms with Crippen LogP contribution in [-0.4, -0.2) is 47.5 Å². The van der Waals surface area contributed by atoms with Crippen LogP contribution in [-0.2, 0) is 19.5 Å². The molecule has 8 nitrogen and oxygen atoms in total. The van der Waals surface area contributed by atoms with Gasteiger partial charge < -0.3 is 24.7 Å². The van der Waals surface area contributed by atoms with Crippen molar-refractivity contribution in [1.29, 1.82) is 0 Å². The predicted molar refractivity (Wildman–Crippen MR) is 122 cm³/mol. The zero-order valence-corrected chi connectivity index (χ0v) is 19.4. The number of methoxy groups -OCH3 is 1. The number of nitrogens with one attached hydrogen (secondary N) is 2. The molecule has 9 heteroatoms. The van der Waals surface area contributed by atoms with Crippen molar-refractivity contribution < 1.29 is 9.47 Å². The fourth-order valence-corrected chi connectivity index (χ4v) is 2.63. The maximum absolute atomic E-state index is 5.56. The summed E-state index contributed by atoms with van der Waals surface area (Å²) in [5, 5.41) is 14.7. The predicted octanol–water partition coefficient (Wildman–Crippen LogP) is 2.62. The molecule has 0 unspecified atom stereocenters. The molecule has 2 N–H and O–H groups in total. The number of nitrogens with zero attached hydrogens (tertiary/aromatic N) is 4. The Morgan fingerprint density at radius 1 is 1.18 bits per heavy atom. The van der Waals surface area contributed by atoms with E-state index in [1.807, 2.05) is 36.6 Å². The van der Waals surface area contributed by atoms with Gasteiger partial charge in [0.2, 0.25) is 0 Å². The van der Waals surface area contributed by atoms with Gasteiger partial charge in [-0.05, 0) is 31.5 Å². The van der Waals surface area contributed by atoms with Crippen molar-refractivity contribution in [2.75, 3.05) is 26.8 Å². The second-order valence-electron chi connectivity index (χ2n) is 5.83. The molecule has 2 aromatic rings. The van der Waals surface area contributed by atoms with Gasteiger partial charge in [-0.25, -0.2) is 4.99 Å². The van der Waals surface area contributed by atoms with Gasteiger partial charge in [0.25, 0.3) is 0 Å². The third kappa shape index (κ3) is 7.17. The number of rotatable bonds is 10. The van der Waals surface area contributed by atoms with Crippen molar-refractivity contribution in [2.24, 2.45) is 4.99 Å². The normalized spacial score (nSPS) is 10.9. The van der Waals surface area contributed by atoms with Crippen LogP contribution in [0.15, 0.2) is 29.5 Å². The number of aliphatic imine (C=N–C) groups is 1. The maximum Gasteiger partial charge on any atom is 0.191 e. The van der Waals surface area contributed by atoms with Crippen LogP contribution in [0.1, 0.15) is 32.2 Å². The highest BCUT2D eigenvalue weighted by molar-refractivity contribution is 14.0. The first-order valence-corrected chi connectivity index (χ1v) is 9.40. The first-order valence-electron chi connectivity index (χ1n) is 9.40. The minimum absolute atomic E-state index is 0. The van der Waals surface area contributed by atoms with Crippen LogP contribution in [0.2, 0.25) is 0 Å². The second kappa shape index (κ2) is 13.2. The van der Waals surface area contributed by atoms with E-state index in [-0.39, 0.29) is 24.0 Å². The summed E-state index contributed by atoms with van der Waals surface area (Å²) in [5.41, 5.74) is 1.06. The van der Waals surface area contributed by atoms with E-state index in [0.29, 0.717) is 13.2 Å². The van der Waals surface area contributed by atoms with E-state index >= 15 is 0 Å². The van der Waals surface area contributed by atoms with Crippen molar-refractivity contribution >= 4 is 29.9 Å². The van der Waals surface area contributed by atoms with Gasteiger partial charge in [0.05, 0.1) is 20.3 Å². The van der Waals surface area contributed by atoms with Crippen LogP contribution >= 0.6 is 24.0 Å². The molecule has 1 aromatic carbocycles. The van der Waals surface area contributed by atoms with E-state index in [4.69, 9.17) is 9.47 Å². The van der Waals surface area contributed by atoms with Gasteiger partial charge in [0, 0.05) is 26.1 Å². The molecule has 1 aromatic heterocycles. The van der Waals surface area contributed by atoms with Crippen molar-refractivity contribution in [1.82, 2.24) is 25.4 Å². The summed E-state index contributed by atoms with van der Waals surface area (Å²) >= 11 is 0. The Kier molecular flexibility index (Phi) is 11.3. The van der Waals surface area contributed by atoms with Crippen LogP contribution < -0.4 is 20.1 Å². The van der Waals surface area contributed by atoms with E-state index in [0.717, 1.165) is 54.9 Å². The Hall–Kier alpha value is -2.04. The van der Waals surface area contributed by atoms with Gasteiger partial charge in [-0.3, -0.25) is 0 Å². The summed E-state index contributed by atoms with van der Waals surface area (Å²) < 4.78 is 13.0. The summed E-state index contributed by atoms with van der Waals surface area (Å²) in [6.07, 6.45) is 2.63. The third-order valence-electron chi connectivity index (χ3n) is 3.95. The zero-order chi connectivity index (χ0) is 19.5. The Labute approximate surface area is 184 Å². The van der Waals surface area contributed by atoms with E-state index in [9.17, 15) is 0 Å². The molecule has 0 saturated carbocycles. The van der Waals surface area contributed by atoms with Crippen LogP contribution in [0, 0.1) is 0 Å². The molecule has 0 fully saturated rings. The molecule has 0 bridgehead atoms. The van der Waals surface area contributed by atoms with Crippen LogP contribution in [0.3, 0.4) is 0 Å². The first-order chi connectivity index (χ1) is 13.2. The van der Waals surface area contributed by atoms with Gasteiger partial charge in [-0.2, -0.15) is 0 Å². The molecule has 0 aliphatic heterocycles. The molecule has 0 aliphatic carbocycles. The van der Waals surface area contributed by atoms with Crippen LogP contribution in [0.4, 0.5) is 0 Å². The lowest BCUT2D eigenvalue weighted by molar-refractivity contribution is 0.310. The molecule has 2 rings (SSSR count). The SMILES string of the molecule is CCNC(=NCc1ccc(OCC)c(OC)c1)NCCn1cnnc1CC.I. The number of hydrogen-bond donors (Lipinski definition) is 2. The molecule has 1 heterocycles. The van der Waals surface area contributed by atoms with E-state index in [1.54, 1.807) is 13.4 Å². The number of aromatic nitrogens is 3. The molecule has 0 aliphatic rings. The number of aryl methyl sites for hydroxylation is 1. The monoisotopic (exact) mass is 502 g/mol. The van der Waals surface area contributed by atoms with Gasteiger partial charge >= 0.3 is 0 Å². The topological polar surface area (TPSA) is 85.6 Å². The summed E-state index contributed by atoms with van der Waals surface area (Å²) in [6.45, 7) is 9.55. The van der Waals surface area contributed by atoms with Gasteiger partial charge in [0.15, 0.2) is 17.5 Å². The van der Waals surface area contributed by atoms with E-state index in [1.165, 1.54) is 0 Å². The summed E-state index contributed by atoms with van der Waals surface area (Å²) in [5.74, 6) is 3.23. The number of guanidine groups is 1. The van der Waals surface area contributed by atoms with E-state index < -0.39 is 0 Å².